The molecule has 0 aliphatic heterocycles. The molecule has 0 saturated carbocycles. The Morgan fingerprint density at radius 2 is 1.53 bits per heavy atom. The fraction of sp³-hybridized carbons (Fsp3) is 0.103. The lowest BCUT2D eigenvalue weighted by Gasteiger charge is -2.27. The molecular formula is C29H25ClN2O4. The van der Waals surface area contributed by atoms with E-state index in [9.17, 15) is 9.90 Å². The zero-order valence-electron chi connectivity index (χ0n) is 19.6. The van der Waals surface area contributed by atoms with E-state index < -0.39 is 11.5 Å². The molecule has 0 aromatic heterocycles. The molecule has 7 heteroatoms. The molecule has 0 fully saturated rings. The van der Waals surface area contributed by atoms with Crippen LogP contribution in [0.25, 0.3) is 0 Å². The van der Waals surface area contributed by atoms with Gasteiger partial charge in [0.25, 0.3) is 5.91 Å². The Balaban J connectivity index is 1.58. The summed E-state index contributed by atoms with van der Waals surface area (Å²) < 4.78 is 11.5. The number of nitrogens with one attached hydrogen (secondary N) is 1. The van der Waals surface area contributed by atoms with Crippen molar-refractivity contribution in [1.29, 1.82) is 0 Å². The average molecular weight is 501 g/mol. The van der Waals surface area contributed by atoms with Crippen LogP contribution in [0.3, 0.4) is 0 Å². The molecule has 0 saturated heterocycles. The molecule has 4 rings (SSSR count). The van der Waals surface area contributed by atoms with Crippen molar-refractivity contribution in [3.05, 3.63) is 130 Å². The SMILES string of the molecule is COc1cccc(/C=N\NC(=O)C(O)(c2ccccc2)c2ccccc2)c1OCc1ccccc1Cl. The lowest BCUT2D eigenvalue weighted by Crippen LogP contribution is -2.43. The molecular weight excluding hydrogens is 476 g/mol. The van der Waals surface area contributed by atoms with Gasteiger partial charge in [-0.1, -0.05) is 96.5 Å². The largest absolute Gasteiger partial charge is 0.493 e. The minimum atomic E-state index is -1.93. The van der Waals surface area contributed by atoms with Gasteiger partial charge in [0.2, 0.25) is 0 Å². The summed E-state index contributed by atoms with van der Waals surface area (Å²) in [6.07, 6.45) is 1.44. The third kappa shape index (κ3) is 5.40. The van der Waals surface area contributed by atoms with Gasteiger partial charge in [0.1, 0.15) is 6.61 Å². The Morgan fingerprint density at radius 1 is 0.917 bits per heavy atom. The third-order valence-corrected chi connectivity index (χ3v) is 6.01. The van der Waals surface area contributed by atoms with Crippen LogP contribution in [-0.4, -0.2) is 24.3 Å². The van der Waals surface area contributed by atoms with E-state index in [-0.39, 0.29) is 6.61 Å². The fourth-order valence-corrected chi connectivity index (χ4v) is 3.93. The summed E-state index contributed by atoms with van der Waals surface area (Å²) in [5, 5.41) is 16.3. The quantitative estimate of drug-likeness (QED) is 0.241. The van der Waals surface area contributed by atoms with Crippen LogP contribution in [0.4, 0.5) is 0 Å². The summed E-state index contributed by atoms with van der Waals surface area (Å²) in [5.74, 6) is 0.249. The number of amides is 1. The van der Waals surface area contributed by atoms with Crippen LogP contribution in [0.2, 0.25) is 5.02 Å². The number of carbonyl (C=O) groups is 1. The Labute approximate surface area is 214 Å². The van der Waals surface area contributed by atoms with E-state index in [2.05, 4.69) is 10.5 Å². The molecule has 0 aliphatic carbocycles. The lowest BCUT2D eigenvalue weighted by molar-refractivity contribution is -0.136. The molecule has 0 unspecified atom stereocenters. The molecule has 0 radical (unpaired) electrons. The van der Waals surface area contributed by atoms with Crippen molar-refractivity contribution in [3.63, 3.8) is 0 Å². The number of aliphatic hydroxyl groups is 1. The minimum absolute atomic E-state index is 0.217. The van der Waals surface area contributed by atoms with E-state index in [1.54, 1.807) is 79.9 Å². The van der Waals surface area contributed by atoms with Gasteiger partial charge in [0, 0.05) is 16.1 Å². The molecule has 0 aliphatic rings. The van der Waals surface area contributed by atoms with Crippen molar-refractivity contribution in [2.24, 2.45) is 5.10 Å². The number of rotatable bonds is 9. The van der Waals surface area contributed by atoms with Crippen LogP contribution in [0.15, 0.2) is 108 Å². The van der Waals surface area contributed by atoms with Crippen LogP contribution in [0.1, 0.15) is 22.3 Å². The third-order valence-electron chi connectivity index (χ3n) is 5.64. The molecule has 0 bridgehead atoms. The first-order valence-corrected chi connectivity index (χ1v) is 11.6. The number of hydrazone groups is 1. The zero-order chi connectivity index (χ0) is 25.4. The van der Waals surface area contributed by atoms with Crippen LogP contribution in [-0.2, 0) is 17.0 Å². The summed E-state index contributed by atoms with van der Waals surface area (Å²) in [6.45, 7) is 0.217. The van der Waals surface area contributed by atoms with E-state index in [4.69, 9.17) is 21.1 Å². The maximum Gasteiger partial charge on any atom is 0.281 e. The minimum Gasteiger partial charge on any atom is -0.493 e. The van der Waals surface area contributed by atoms with E-state index in [1.807, 2.05) is 30.3 Å². The molecule has 182 valence electrons. The normalized spacial score (nSPS) is 11.3. The molecule has 4 aromatic carbocycles. The predicted molar refractivity (Wildman–Crippen MR) is 140 cm³/mol. The maximum atomic E-state index is 13.3. The summed E-state index contributed by atoms with van der Waals surface area (Å²) in [6, 6.07) is 30.2. The fourth-order valence-electron chi connectivity index (χ4n) is 3.74. The van der Waals surface area contributed by atoms with Gasteiger partial charge in [-0.3, -0.25) is 4.79 Å². The number of hydrogen-bond acceptors (Lipinski definition) is 5. The highest BCUT2D eigenvalue weighted by Gasteiger charge is 2.39. The van der Waals surface area contributed by atoms with Crippen LogP contribution in [0.5, 0.6) is 11.5 Å². The topological polar surface area (TPSA) is 80.2 Å². The predicted octanol–water partition coefficient (Wildman–Crippen LogP) is 5.31. The molecule has 1 amide bonds. The first-order chi connectivity index (χ1) is 17.5. The Morgan fingerprint density at radius 3 is 2.14 bits per heavy atom. The van der Waals surface area contributed by atoms with E-state index >= 15 is 0 Å². The van der Waals surface area contributed by atoms with Gasteiger partial charge >= 0.3 is 0 Å². The number of halogens is 1. The van der Waals surface area contributed by atoms with Gasteiger partial charge in [-0.15, -0.1) is 0 Å². The molecule has 6 nitrogen and oxygen atoms in total. The number of para-hydroxylation sites is 1. The van der Waals surface area contributed by atoms with E-state index in [1.165, 1.54) is 6.21 Å². The van der Waals surface area contributed by atoms with Crippen LogP contribution >= 0.6 is 11.6 Å². The van der Waals surface area contributed by atoms with Gasteiger partial charge in [-0.05, 0) is 29.3 Å². The van der Waals surface area contributed by atoms with Crippen LogP contribution < -0.4 is 14.9 Å². The van der Waals surface area contributed by atoms with Gasteiger partial charge in [-0.25, -0.2) is 5.43 Å². The van der Waals surface area contributed by atoms with Gasteiger partial charge in [-0.2, -0.15) is 5.10 Å². The van der Waals surface area contributed by atoms with Crippen molar-refractivity contribution < 1.29 is 19.4 Å². The van der Waals surface area contributed by atoms with Crippen molar-refractivity contribution in [3.8, 4) is 11.5 Å². The first-order valence-electron chi connectivity index (χ1n) is 11.2. The average Bonchev–Trinajstić information content (AvgIpc) is 2.93. The number of benzene rings is 4. The molecule has 4 aromatic rings. The Hall–Kier alpha value is -4.13. The second-order valence-electron chi connectivity index (χ2n) is 7.90. The van der Waals surface area contributed by atoms with Crippen LogP contribution in [0, 0.1) is 0 Å². The van der Waals surface area contributed by atoms with Gasteiger partial charge < -0.3 is 14.6 Å². The van der Waals surface area contributed by atoms with Crippen molar-refractivity contribution in [2.75, 3.05) is 7.11 Å². The smallest absolute Gasteiger partial charge is 0.281 e. The zero-order valence-corrected chi connectivity index (χ0v) is 20.4. The first kappa shape index (κ1) is 25.0. The number of methoxy groups -OCH3 is 1. The monoisotopic (exact) mass is 500 g/mol. The highest BCUT2D eigenvalue weighted by molar-refractivity contribution is 6.31. The van der Waals surface area contributed by atoms with Crippen molar-refractivity contribution >= 4 is 23.7 Å². The number of ether oxygens (including phenoxy) is 2. The van der Waals surface area contributed by atoms with E-state index in [0.717, 1.165) is 5.56 Å². The highest BCUT2D eigenvalue weighted by Crippen LogP contribution is 2.32. The number of hydrogen-bond donors (Lipinski definition) is 2. The summed E-state index contributed by atoms with van der Waals surface area (Å²) in [4.78, 5) is 13.3. The molecule has 0 atom stereocenters. The number of carbonyl (C=O) groups excluding carboxylic acids is 1. The lowest BCUT2D eigenvalue weighted by atomic mass is 9.85. The molecule has 0 spiro atoms. The standard InChI is InChI=1S/C29H25ClN2O4/c1-35-26-18-10-12-21(27(26)36-20-22-11-8-9-17-25(22)30)19-31-32-28(33)29(34,23-13-4-2-5-14-23)24-15-6-3-7-16-24/h2-19,34H,20H2,1H3,(H,32,33)/b31-19-. The molecule has 0 heterocycles. The Kier molecular flexibility index (Phi) is 8.00. The van der Waals surface area contributed by atoms with Gasteiger partial charge in [0.15, 0.2) is 17.1 Å². The van der Waals surface area contributed by atoms with Crippen molar-refractivity contribution in [2.45, 2.75) is 12.2 Å². The summed E-state index contributed by atoms with van der Waals surface area (Å²) in [7, 11) is 1.54. The Bertz CT molecular complexity index is 1300. The van der Waals surface area contributed by atoms with Crippen molar-refractivity contribution in [1.82, 2.24) is 5.43 Å². The second-order valence-corrected chi connectivity index (χ2v) is 8.31. The highest BCUT2D eigenvalue weighted by atomic mass is 35.5. The molecule has 36 heavy (non-hydrogen) atoms. The summed E-state index contributed by atoms with van der Waals surface area (Å²) in [5.41, 5.74) is 2.79. The molecule has 2 N–H and O–H groups in total. The second kappa shape index (κ2) is 11.5. The maximum absolute atomic E-state index is 13.3. The summed E-state index contributed by atoms with van der Waals surface area (Å²) >= 11 is 6.26. The van der Waals surface area contributed by atoms with E-state index in [0.29, 0.717) is 33.2 Å². The number of nitrogens with zero attached hydrogens (tertiary/aromatic N) is 1. The van der Waals surface area contributed by atoms with Gasteiger partial charge in [0.05, 0.1) is 13.3 Å².